The normalized spacial score (nSPS) is 17.7. The summed E-state index contributed by atoms with van der Waals surface area (Å²) in [6, 6.07) is 14.3. The summed E-state index contributed by atoms with van der Waals surface area (Å²) in [5.74, 6) is -0.0853. The van der Waals surface area contributed by atoms with Crippen molar-refractivity contribution in [2.45, 2.75) is 90.0 Å². The maximum atomic E-state index is 14.1. The number of azide groups is 1. The van der Waals surface area contributed by atoms with Gasteiger partial charge in [-0.15, -0.1) is 0 Å². The SMILES string of the molecule is CCCCCNNC(=O)[C@@]1(CCC(=O)OC(C)(C)C)N=C(c2ccc(OCCCO)cc2)O[C@H]1c1ccccc1CN=[N+]=[N-]. The number of amides is 1. The zero-order valence-corrected chi connectivity index (χ0v) is 26.0. The number of aliphatic hydroxyl groups excluding tert-OH is 1. The van der Waals surface area contributed by atoms with Crippen LogP contribution in [-0.4, -0.2) is 53.8 Å². The van der Waals surface area contributed by atoms with E-state index >= 15 is 0 Å². The predicted octanol–water partition coefficient (Wildman–Crippen LogP) is 5.45. The lowest BCUT2D eigenvalue weighted by molar-refractivity contribution is -0.155. The van der Waals surface area contributed by atoms with Gasteiger partial charge >= 0.3 is 5.97 Å². The molecule has 0 fully saturated rings. The fraction of sp³-hybridized carbons (Fsp3) is 0.531. The Kier molecular flexibility index (Phi) is 13.0. The molecule has 3 N–H and O–H groups in total. The van der Waals surface area contributed by atoms with E-state index in [4.69, 9.17) is 29.8 Å². The number of carbonyl (C=O) groups is 2. The number of benzene rings is 2. The van der Waals surface area contributed by atoms with Crippen LogP contribution in [-0.2, 0) is 25.6 Å². The van der Waals surface area contributed by atoms with E-state index in [2.05, 4.69) is 27.8 Å². The van der Waals surface area contributed by atoms with Gasteiger partial charge < -0.3 is 19.3 Å². The largest absolute Gasteiger partial charge is 0.494 e. The Hall–Kier alpha value is -4.12. The number of hydrogen-bond donors (Lipinski definition) is 3. The molecule has 2 aromatic carbocycles. The summed E-state index contributed by atoms with van der Waals surface area (Å²) < 4.78 is 17.7. The molecule has 1 amide bonds. The number of hydrogen-bond acceptors (Lipinski definition) is 9. The van der Waals surface area contributed by atoms with Gasteiger partial charge in [-0.2, -0.15) is 0 Å². The molecule has 1 aliphatic rings. The molecule has 12 nitrogen and oxygen atoms in total. The maximum Gasteiger partial charge on any atom is 0.306 e. The van der Waals surface area contributed by atoms with Crippen molar-refractivity contribution in [2.75, 3.05) is 19.8 Å². The third-order valence-corrected chi connectivity index (χ3v) is 6.91. The average Bonchev–Trinajstić information content (AvgIpc) is 3.39. The molecular weight excluding hydrogens is 564 g/mol. The Bertz CT molecular complexity index is 1320. The molecule has 0 saturated heterocycles. The summed E-state index contributed by atoms with van der Waals surface area (Å²) >= 11 is 0. The van der Waals surface area contributed by atoms with Crippen molar-refractivity contribution in [1.82, 2.24) is 10.9 Å². The van der Waals surface area contributed by atoms with Gasteiger partial charge in [0.1, 0.15) is 11.4 Å². The highest BCUT2D eigenvalue weighted by atomic mass is 16.6. The minimum absolute atomic E-state index is 0.00321. The number of rotatable bonds is 17. The number of nitrogens with zero attached hydrogens (tertiary/aromatic N) is 4. The monoisotopic (exact) mass is 608 g/mol. The van der Waals surface area contributed by atoms with Gasteiger partial charge in [-0.1, -0.05) is 49.1 Å². The van der Waals surface area contributed by atoms with Crippen LogP contribution < -0.4 is 15.6 Å². The molecule has 1 heterocycles. The van der Waals surface area contributed by atoms with E-state index < -0.39 is 29.1 Å². The molecule has 3 rings (SSSR count). The van der Waals surface area contributed by atoms with Gasteiger partial charge in [-0.05, 0) is 74.5 Å². The smallest absolute Gasteiger partial charge is 0.306 e. The molecule has 2 atom stereocenters. The first-order valence-corrected chi connectivity index (χ1v) is 15.1. The Labute approximate surface area is 258 Å². The number of esters is 1. The molecule has 12 heteroatoms. The van der Waals surface area contributed by atoms with Crippen LogP contribution in [0.3, 0.4) is 0 Å². The lowest BCUT2D eigenvalue weighted by Crippen LogP contribution is -2.53. The van der Waals surface area contributed by atoms with Crippen LogP contribution in [0.5, 0.6) is 5.75 Å². The van der Waals surface area contributed by atoms with E-state index in [-0.39, 0.29) is 31.9 Å². The zero-order valence-electron chi connectivity index (χ0n) is 26.0. The van der Waals surface area contributed by atoms with Crippen molar-refractivity contribution in [2.24, 2.45) is 10.1 Å². The van der Waals surface area contributed by atoms with Crippen molar-refractivity contribution < 1.29 is 28.9 Å². The van der Waals surface area contributed by atoms with Crippen molar-refractivity contribution >= 4 is 17.8 Å². The predicted molar refractivity (Wildman–Crippen MR) is 167 cm³/mol. The van der Waals surface area contributed by atoms with Crippen molar-refractivity contribution in [3.8, 4) is 5.75 Å². The van der Waals surface area contributed by atoms with E-state index in [1.807, 2.05) is 24.3 Å². The first kappa shape index (κ1) is 34.4. The van der Waals surface area contributed by atoms with Crippen LogP contribution in [0.4, 0.5) is 0 Å². The molecule has 238 valence electrons. The van der Waals surface area contributed by atoms with Crippen LogP contribution in [0.15, 0.2) is 58.6 Å². The number of aliphatic hydroxyl groups is 1. The van der Waals surface area contributed by atoms with Crippen molar-refractivity contribution in [1.29, 1.82) is 0 Å². The number of ether oxygens (including phenoxy) is 3. The molecule has 2 aromatic rings. The summed E-state index contributed by atoms with van der Waals surface area (Å²) in [5.41, 5.74) is 14.5. The summed E-state index contributed by atoms with van der Waals surface area (Å²) in [6.07, 6.45) is 2.39. The molecular formula is C32H44N6O6. The topological polar surface area (TPSA) is 167 Å². The van der Waals surface area contributed by atoms with E-state index in [0.717, 1.165) is 19.3 Å². The quantitative estimate of drug-likeness (QED) is 0.0536. The second-order valence-electron chi connectivity index (χ2n) is 11.6. The lowest BCUT2D eigenvalue weighted by Gasteiger charge is -2.31. The second kappa shape index (κ2) is 16.7. The second-order valence-corrected chi connectivity index (χ2v) is 11.6. The van der Waals surface area contributed by atoms with Crippen LogP contribution in [0, 0.1) is 0 Å². The van der Waals surface area contributed by atoms with E-state index in [1.165, 1.54) is 0 Å². The van der Waals surface area contributed by atoms with Crippen LogP contribution >= 0.6 is 0 Å². The summed E-state index contributed by atoms with van der Waals surface area (Å²) in [7, 11) is 0. The summed E-state index contributed by atoms with van der Waals surface area (Å²) in [4.78, 5) is 34.9. The zero-order chi connectivity index (χ0) is 32.0. The molecule has 44 heavy (non-hydrogen) atoms. The fourth-order valence-electron chi connectivity index (χ4n) is 4.79. The third-order valence-electron chi connectivity index (χ3n) is 6.91. The third kappa shape index (κ3) is 9.70. The number of nitrogens with one attached hydrogen (secondary N) is 2. The van der Waals surface area contributed by atoms with E-state index in [0.29, 0.717) is 42.0 Å². The molecule has 0 radical (unpaired) electrons. The Morgan fingerprint density at radius 2 is 1.89 bits per heavy atom. The number of unbranched alkanes of at least 4 members (excludes halogenated alkanes) is 2. The molecule has 0 bridgehead atoms. The highest BCUT2D eigenvalue weighted by molar-refractivity contribution is 6.01. The van der Waals surface area contributed by atoms with Gasteiger partial charge in [0.05, 0.1) is 13.2 Å². The van der Waals surface area contributed by atoms with Gasteiger partial charge in [0.2, 0.25) is 5.90 Å². The number of carbonyl (C=O) groups excluding carboxylic acids is 2. The number of hydrazine groups is 1. The molecule has 0 aliphatic carbocycles. The maximum absolute atomic E-state index is 14.1. The van der Waals surface area contributed by atoms with Gasteiger partial charge in [-0.25, -0.2) is 10.4 Å². The highest BCUT2D eigenvalue weighted by Gasteiger charge is 2.54. The minimum Gasteiger partial charge on any atom is -0.494 e. The molecule has 0 aromatic heterocycles. The first-order chi connectivity index (χ1) is 21.1. The fourth-order valence-corrected chi connectivity index (χ4v) is 4.79. The number of aliphatic imine (C=N–C) groups is 1. The Morgan fingerprint density at radius 3 is 2.57 bits per heavy atom. The molecule has 0 spiro atoms. The van der Waals surface area contributed by atoms with Crippen LogP contribution in [0.2, 0.25) is 0 Å². The Balaban J connectivity index is 2.06. The average molecular weight is 609 g/mol. The van der Waals surface area contributed by atoms with Crippen molar-refractivity contribution in [3.05, 3.63) is 75.7 Å². The summed E-state index contributed by atoms with van der Waals surface area (Å²) in [5, 5.41) is 12.8. The van der Waals surface area contributed by atoms with Gasteiger partial charge in [0.15, 0.2) is 11.6 Å². The van der Waals surface area contributed by atoms with Crippen LogP contribution in [0.1, 0.15) is 89.0 Å². The van der Waals surface area contributed by atoms with E-state index in [9.17, 15) is 9.59 Å². The Morgan fingerprint density at radius 1 is 1.14 bits per heavy atom. The van der Waals surface area contributed by atoms with Crippen molar-refractivity contribution in [3.63, 3.8) is 0 Å². The van der Waals surface area contributed by atoms with Crippen LogP contribution in [0.25, 0.3) is 10.4 Å². The van der Waals surface area contributed by atoms with Gasteiger partial charge in [0.25, 0.3) is 5.91 Å². The van der Waals surface area contributed by atoms with Gasteiger partial charge in [0, 0.05) is 36.5 Å². The lowest BCUT2D eigenvalue weighted by atomic mass is 9.82. The molecule has 0 saturated carbocycles. The molecule has 0 unspecified atom stereocenters. The van der Waals surface area contributed by atoms with E-state index in [1.54, 1.807) is 45.0 Å². The molecule has 1 aliphatic heterocycles. The van der Waals surface area contributed by atoms with Gasteiger partial charge in [-0.3, -0.25) is 15.0 Å². The standard InChI is InChI=1S/C32H44N6O6/c1-5-6-9-19-34-37-30(41)32(18-17-27(40)44-31(2,3)4)28(26-12-8-7-11-24(26)22-35-38-33)43-29(36-32)23-13-15-25(16-14-23)42-21-10-20-39/h7-8,11-16,28,34,39H,5-6,9-10,17-22H2,1-4H3,(H,37,41)/t28-,32-/m0/s1. The highest BCUT2D eigenvalue weighted by Crippen LogP contribution is 2.44. The summed E-state index contributed by atoms with van der Waals surface area (Å²) in [6.45, 7) is 8.47. The first-order valence-electron chi connectivity index (χ1n) is 15.1. The minimum atomic E-state index is -1.56.